The number of anilines is 2. The number of aromatic nitrogens is 2. The molecule has 0 bridgehead atoms. The minimum absolute atomic E-state index is 0.0268. The average Bonchev–Trinajstić information content (AvgIpc) is 3.35. The fraction of sp³-hybridized carbons (Fsp3) is 0.333. The van der Waals surface area contributed by atoms with Crippen LogP contribution in [0, 0.1) is 6.92 Å². The number of hydrogen-bond donors (Lipinski definition) is 2. The van der Waals surface area contributed by atoms with Gasteiger partial charge in [-0.15, -0.1) is 10.2 Å². The number of rotatable bonds is 6. The van der Waals surface area contributed by atoms with E-state index in [-0.39, 0.29) is 22.9 Å². The molecule has 4 rings (SSSR count). The number of aryl methyl sites for hydroxylation is 1. The van der Waals surface area contributed by atoms with Crippen molar-refractivity contribution in [3.63, 3.8) is 0 Å². The van der Waals surface area contributed by atoms with Crippen LogP contribution in [0.4, 0.5) is 16.2 Å². The summed E-state index contributed by atoms with van der Waals surface area (Å²) in [5.74, 6) is 1.04. The fourth-order valence-electron chi connectivity index (χ4n) is 3.83. The molecule has 10 heteroatoms. The highest BCUT2D eigenvalue weighted by Gasteiger charge is 2.28. The first-order valence-electron chi connectivity index (χ1n) is 11.0. The van der Waals surface area contributed by atoms with E-state index < -0.39 is 0 Å². The number of piperidine rings is 1. The molecule has 3 amide bonds. The van der Waals surface area contributed by atoms with E-state index in [0.717, 1.165) is 23.4 Å². The molecule has 0 saturated carbocycles. The van der Waals surface area contributed by atoms with Crippen molar-refractivity contribution in [2.75, 3.05) is 37.9 Å². The van der Waals surface area contributed by atoms with Crippen LogP contribution in [0.2, 0.25) is 0 Å². The van der Waals surface area contributed by atoms with E-state index in [1.54, 1.807) is 43.4 Å². The third-order valence-electron chi connectivity index (χ3n) is 5.64. The van der Waals surface area contributed by atoms with E-state index in [2.05, 4.69) is 20.8 Å². The Kier molecular flexibility index (Phi) is 7.27. The lowest BCUT2D eigenvalue weighted by Gasteiger charge is -2.31. The van der Waals surface area contributed by atoms with Crippen LogP contribution in [0.15, 0.2) is 42.5 Å². The second-order valence-corrected chi connectivity index (χ2v) is 9.06. The highest BCUT2D eigenvalue weighted by Crippen LogP contribution is 2.31. The molecular formula is C24H27N5O4S. The van der Waals surface area contributed by atoms with Crippen molar-refractivity contribution in [1.82, 2.24) is 15.1 Å². The second kappa shape index (κ2) is 10.5. The molecular weight excluding hydrogens is 454 g/mol. The van der Waals surface area contributed by atoms with Crippen LogP contribution in [0.3, 0.4) is 0 Å². The smallest absolute Gasteiger partial charge is 0.321 e. The van der Waals surface area contributed by atoms with Crippen molar-refractivity contribution in [2.45, 2.75) is 25.7 Å². The van der Waals surface area contributed by atoms with Gasteiger partial charge in [0.15, 0.2) is 0 Å². The minimum Gasteiger partial charge on any atom is -0.497 e. The number of urea groups is 1. The quantitative estimate of drug-likeness (QED) is 0.536. The molecule has 0 aliphatic carbocycles. The van der Waals surface area contributed by atoms with E-state index in [1.807, 2.05) is 25.1 Å². The number of ether oxygens (including phenoxy) is 2. The SMILES string of the molecule is COc1ccc(NC(=O)c2nnc(C3CCCN(C(=O)Nc4cc(C)ccc4OC)C3)s2)cc1. The van der Waals surface area contributed by atoms with Gasteiger partial charge in [-0.05, 0) is 61.7 Å². The largest absolute Gasteiger partial charge is 0.497 e. The Hall–Kier alpha value is -3.66. The number of carbonyl (C=O) groups is 2. The van der Waals surface area contributed by atoms with E-state index in [4.69, 9.17) is 9.47 Å². The summed E-state index contributed by atoms with van der Waals surface area (Å²) in [5.41, 5.74) is 2.32. The van der Waals surface area contributed by atoms with E-state index >= 15 is 0 Å². The highest BCUT2D eigenvalue weighted by atomic mass is 32.1. The van der Waals surface area contributed by atoms with Crippen molar-refractivity contribution < 1.29 is 19.1 Å². The normalized spacial score (nSPS) is 15.5. The summed E-state index contributed by atoms with van der Waals surface area (Å²) >= 11 is 1.26. The van der Waals surface area contributed by atoms with Crippen LogP contribution in [-0.4, -0.2) is 54.3 Å². The van der Waals surface area contributed by atoms with Crippen LogP contribution in [0.1, 0.15) is 39.1 Å². The van der Waals surface area contributed by atoms with Crippen LogP contribution < -0.4 is 20.1 Å². The number of methoxy groups -OCH3 is 2. The molecule has 0 spiro atoms. The molecule has 1 aromatic heterocycles. The van der Waals surface area contributed by atoms with Gasteiger partial charge in [-0.3, -0.25) is 4.79 Å². The van der Waals surface area contributed by atoms with E-state index in [0.29, 0.717) is 36.0 Å². The first-order chi connectivity index (χ1) is 16.5. The number of carbonyl (C=O) groups excluding carboxylic acids is 2. The van der Waals surface area contributed by atoms with Crippen molar-refractivity contribution in [1.29, 1.82) is 0 Å². The molecule has 1 aliphatic heterocycles. The monoisotopic (exact) mass is 481 g/mol. The molecule has 2 heterocycles. The number of likely N-dealkylation sites (tertiary alicyclic amines) is 1. The van der Waals surface area contributed by atoms with Crippen molar-refractivity contribution in [2.24, 2.45) is 0 Å². The van der Waals surface area contributed by atoms with Gasteiger partial charge >= 0.3 is 6.03 Å². The number of hydrogen-bond acceptors (Lipinski definition) is 7. The zero-order valence-corrected chi connectivity index (χ0v) is 20.1. The van der Waals surface area contributed by atoms with Crippen LogP contribution in [0.25, 0.3) is 0 Å². The Morgan fingerprint density at radius 3 is 2.59 bits per heavy atom. The molecule has 178 valence electrons. The maximum atomic E-state index is 12.9. The third kappa shape index (κ3) is 5.45. The third-order valence-corrected chi connectivity index (χ3v) is 6.72. The maximum absolute atomic E-state index is 12.9. The zero-order chi connectivity index (χ0) is 24.1. The first-order valence-corrected chi connectivity index (χ1v) is 11.8. The summed E-state index contributed by atoms with van der Waals surface area (Å²) in [6.45, 7) is 3.12. The molecule has 1 saturated heterocycles. The predicted molar refractivity (Wildman–Crippen MR) is 131 cm³/mol. The number of amides is 3. The number of nitrogens with one attached hydrogen (secondary N) is 2. The lowest BCUT2D eigenvalue weighted by molar-refractivity contribution is 0.102. The van der Waals surface area contributed by atoms with Gasteiger partial charge in [-0.25, -0.2) is 4.79 Å². The van der Waals surface area contributed by atoms with Crippen LogP contribution >= 0.6 is 11.3 Å². The Morgan fingerprint density at radius 2 is 1.85 bits per heavy atom. The van der Waals surface area contributed by atoms with Gasteiger partial charge in [-0.2, -0.15) is 0 Å². The van der Waals surface area contributed by atoms with Gasteiger partial charge in [0.1, 0.15) is 16.5 Å². The zero-order valence-electron chi connectivity index (χ0n) is 19.3. The summed E-state index contributed by atoms with van der Waals surface area (Å²) < 4.78 is 10.5. The lowest BCUT2D eigenvalue weighted by Crippen LogP contribution is -2.41. The molecule has 34 heavy (non-hydrogen) atoms. The molecule has 1 aliphatic rings. The maximum Gasteiger partial charge on any atom is 0.321 e. The van der Waals surface area contributed by atoms with Gasteiger partial charge < -0.3 is 25.0 Å². The first kappa shape index (κ1) is 23.5. The van der Waals surface area contributed by atoms with Gasteiger partial charge in [0.2, 0.25) is 5.01 Å². The highest BCUT2D eigenvalue weighted by molar-refractivity contribution is 7.13. The van der Waals surface area contributed by atoms with Crippen LogP contribution in [0.5, 0.6) is 11.5 Å². The van der Waals surface area contributed by atoms with E-state index in [9.17, 15) is 9.59 Å². The lowest BCUT2D eigenvalue weighted by atomic mass is 9.99. The summed E-state index contributed by atoms with van der Waals surface area (Å²) in [7, 11) is 3.17. The summed E-state index contributed by atoms with van der Waals surface area (Å²) in [4.78, 5) is 27.3. The molecule has 1 atom stereocenters. The summed E-state index contributed by atoms with van der Waals surface area (Å²) in [6.07, 6.45) is 1.72. The average molecular weight is 482 g/mol. The number of nitrogens with zero attached hydrogens (tertiary/aromatic N) is 3. The predicted octanol–water partition coefficient (Wildman–Crippen LogP) is 4.53. The molecule has 1 unspecified atom stereocenters. The molecule has 1 fully saturated rings. The summed E-state index contributed by atoms with van der Waals surface area (Å²) in [5, 5.41) is 15.2. The number of benzene rings is 2. The Labute approximate surface area is 202 Å². The molecule has 2 aromatic carbocycles. The van der Waals surface area contributed by atoms with Gasteiger partial charge in [0.25, 0.3) is 5.91 Å². The topological polar surface area (TPSA) is 106 Å². The minimum atomic E-state index is -0.314. The van der Waals surface area contributed by atoms with Gasteiger partial charge in [-0.1, -0.05) is 17.4 Å². The molecule has 9 nitrogen and oxygen atoms in total. The molecule has 0 radical (unpaired) electrons. The Morgan fingerprint density at radius 1 is 1.06 bits per heavy atom. The second-order valence-electron chi connectivity index (χ2n) is 8.05. The van der Waals surface area contributed by atoms with Gasteiger partial charge in [0.05, 0.1) is 19.9 Å². The Bertz CT molecular complexity index is 1160. The summed E-state index contributed by atoms with van der Waals surface area (Å²) in [6, 6.07) is 12.5. The van der Waals surface area contributed by atoms with Crippen molar-refractivity contribution >= 4 is 34.6 Å². The molecule has 2 N–H and O–H groups in total. The van der Waals surface area contributed by atoms with Crippen molar-refractivity contribution in [3.8, 4) is 11.5 Å². The fourth-order valence-corrected chi connectivity index (χ4v) is 4.69. The van der Waals surface area contributed by atoms with Gasteiger partial charge in [0, 0.05) is 24.7 Å². The standard InChI is InChI=1S/C24H27N5O4S/c1-15-6-11-20(33-3)19(13-15)26-24(31)29-12-4-5-16(14-29)22-27-28-23(34-22)21(30)25-17-7-9-18(32-2)10-8-17/h6-11,13,16H,4-5,12,14H2,1-3H3,(H,25,30)(H,26,31). The van der Waals surface area contributed by atoms with Crippen molar-refractivity contribution in [3.05, 3.63) is 58.0 Å². The molecule has 3 aromatic rings. The van der Waals surface area contributed by atoms with Crippen LogP contribution in [-0.2, 0) is 0 Å². The van der Waals surface area contributed by atoms with E-state index in [1.165, 1.54) is 11.3 Å². The Balaban J connectivity index is 1.39.